The molecule has 0 bridgehead atoms. The zero-order chi connectivity index (χ0) is 10.6. The van der Waals surface area contributed by atoms with Crippen molar-refractivity contribution in [2.75, 3.05) is 20.8 Å². The first kappa shape index (κ1) is 11.3. The Hall–Kier alpha value is -0.770. The third-order valence-corrected chi connectivity index (χ3v) is 2.11. The van der Waals surface area contributed by atoms with E-state index in [1.165, 1.54) is 14.2 Å². The highest BCUT2D eigenvalue weighted by Crippen LogP contribution is 2.28. The lowest BCUT2D eigenvalue weighted by molar-refractivity contribution is 0.0628. The van der Waals surface area contributed by atoms with Crippen LogP contribution < -0.4 is 4.74 Å². The van der Waals surface area contributed by atoms with Gasteiger partial charge >= 0.3 is 0 Å². The fourth-order valence-corrected chi connectivity index (χ4v) is 1.37. The molecule has 0 saturated carbocycles. The second-order valence-electron chi connectivity index (χ2n) is 2.86. The lowest BCUT2D eigenvalue weighted by atomic mass is 10.1. The van der Waals surface area contributed by atoms with E-state index in [0.717, 1.165) is 0 Å². The van der Waals surface area contributed by atoms with Crippen LogP contribution in [0.2, 0.25) is 5.02 Å². The standard InChI is InChI=1S/C10H13ClO3/c1-13-6-9(12)8-4-3-7(11)5-10(8)14-2/h3-5,9,12H,6H2,1-2H3. The van der Waals surface area contributed by atoms with E-state index in [1.807, 2.05) is 0 Å². The fraction of sp³-hybridized carbons (Fsp3) is 0.400. The van der Waals surface area contributed by atoms with Gasteiger partial charge in [-0.3, -0.25) is 0 Å². The largest absolute Gasteiger partial charge is 0.496 e. The van der Waals surface area contributed by atoms with Crippen molar-refractivity contribution in [3.8, 4) is 5.75 Å². The molecule has 0 aliphatic carbocycles. The average molecular weight is 217 g/mol. The van der Waals surface area contributed by atoms with Gasteiger partial charge in [0.1, 0.15) is 11.9 Å². The number of methoxy groups -OCH3 is 2. The highest BCUT2D eigenvalue weighted by molar-refractivity contribution is 6.30. The van der Waals surface area contributed by atoms with Gasteiger partial charge in [0, 0.05) is 17.7 Å². The molecule has 0 spiro atoms. The zero-order valence-electron chi connectivity index (χ0n) is 8.16. The summed E-state index contributed by atoms with van der Waals surface area (Å²) in [6, 6.07) is 5.10. The van der Waals surface area contributed by atoms with Crippen LogP contribution in [0, 0.1) is 0 Å². The summed E-state index contributed by atoms with van der Waals surface area (Å²) in [6.45, 7) is 0.234. The summed E-state index contributed by atoms with van der Waals surface area (Å²) in [4.78, 5) is 0. The van der Waals surface area contributed by atoms with E-state index in [9.17, 15) is 5.11 Å². The minimum atomic E-state index is -0.688. The number of hydrogen-bond acceptors (Lipinski definition) is 3. The Morgan fingerprint density at radius 2 is 2.14 bits per heavy atom. The van der Waals surface area contributed by atoms with E-state index in [0.29, 0.717) is 16.3 Å². The molecule has 1 atom stereocenters. The molecule has 1 N–H and O–H groups in total. The van der Waals surface area contributed by atoms with Crippen molar-refractivity contribution in [2.24, 2.45) is 0 Å². The number of benzene rings is 1. The molecule has 0 radical (unpaired) electrons. The summed E-state index contributed by atoms with van der Waals surface area (Å²) in [5.74, 6) is 0.571. The van der Waals surface area contributed by atoms with Crippen LogP contribution in [0.4, 0.5) is 0 Å². The molecule has 0 fully saturated rings. The molecule has 1 aromatic rings. The Morgan fingerprint density at radius 3 is 2.71 bits per heavy atom. The maximum atomic E-state index is 9.68. The SMILES string of the molecule is COCC(O)c1ccc(Cl)cc1OC. The van der Waals surface area contributed by atoms with Gasteiger partial charge in [-0.05, 0) is 12.1 Å². The Labute approximate surface area is 88.2 Å². The fourth-order valence-electron chi connectivity index (χ4n) is 1.21. The molecular weight excluding hydrogens is 204 g/mol. The van der Waals surface area contributed by atoms with Crippen molar-refractivity contribution >= 4 is 11.6 Å². The summed E-state index contributed by atoms with van der Waals surface area (Å²) in [7, 11) is 3.07. The third kappa shape index (κ3) is 2.61. The Morgan fingerprint density at radius 1 is 1.43 bits per heavy atom. The topological polar surface area (TPSA) is 38.7 Å². The quantitative estimate of drug-likeness (QED) is 0.837. The second-order valence-corrected chi connectivity index (χ2v) is 3.29. The summed E-state index contributed by atoms with van der Waals surface area (Å²) >= 11 is 5.78. The molecule has 1 unspecified atom stereocenters. The molecule has 3 nitrogen and oxygen atoms in total. The van der Waals surface area contributed by atoms with Gasteiger partial charge in [0.25, 0.3) is 0 Å². The molecule has 0 saturated heterocycles. The summed E-state index contributed by atoms with van der Waals surface area (Å²) in [5, 5.41) is 10.3. The van der Waals surface area contributed by atoms with E-state index >= 15 is 0 Å². The lowest BCUT2D eigenvalue weighted by Crippen LogP contribution is -2.06. The highest BCUT2D eigenvalue weighted by Gasteiger charge is 2.12. The highest BCUT2D eigenvalue weighted by atomic mass is 35.5. The van der Waals surface area contributed by atoms with Crippen molar-refractivity contribution in [3.63, 3.8) is 0 Å². The smallest absolute Gasteiger partial charge is 0.126 e. The van der Waals surface area contributed by atoms with Crippen molar-refractivity contribution in [2.45, 2.75) is 6.10 Å². The van der Waals surface area contributed by atoms with Gasteiger partial charge in [-0.25, -0.2) is 0 Å². The van der Waals surface area contributed by atoms with Gasteiger partial charge in [-0.2, -0.15) is 0 Å². The molecule has 0 heterocycles. The Balaban J connectivity index is 2.95. The average Bonchev–Trinajstić information content (AvgIpc) is 2.17. The van der Waals surface area contributed by atoms with Crippen LogP contribution >= 0.6 is 11.6 Å². The number of aliphatic hydroxyl groups is 1. The van der Waals surface area contributed by atoms with Gasteiger partial charge in [-0.15, -0.1) is 0 Å². The van der Waals surface area contributed by atoms with Crippen LogP contribution in [0.3, 0.4) is 0 Å². The summed E-state index contributed by atoms with van der Waals surface area (Å²) in [6.07, 6.45) is -0.688. The van der Waals surface area contributed by atoms with E-state index in [-0.39, 0.29) is 6.61 Å². The molecule has 1 rings (SSSR count). The maximum absolute atomic E-state index is 9.68. The first-order valence-corrected chi connectivity index (χ1v) is 4.57. The minimum absolute atomic E-state index is 0.234. The summed E-state index contributed by atoms with van der Waals surface area (Å²) < 4.78 is 9.94. The molecular formula is C10H13ClO3. The van der Waals surface area contributed by atoms with Gasteiger partial charge < -0.3 is 14.6 Å². The molecule has 78 valence electrons. The Bertz CT molecular complexity index is 301. The van der Waals surface area contributed by atoms with Crippen LogP contribution in [0.25, 0.3) is 0 Å². The predicted octanol–water partition coefficient (Wildman–Crippen LogP) is 2.03. The molecule has 1 aromatic carbocycles. The lowest BCUT2D eigenvalue weighted by Gasteiger charge is -2.13. The minimum Gasteiger partial charge on any atom is -0.496 e. The monoisotopic (exact) mass is 216 g/mol. The molecule has 0 aliphatic rings. The number of aliphatic hydroxyl groups excluding tert-OH is 1. The van der Waals surface area contributed by atoms with Crippen molar-refractivity contribution < 1.29 is 14.6 Å². The van der Waals surface area contributed by atoms with Crippen LogP contribution in [0.15, 0.2) is 18.2 Å². The molecule has 14 heavy (non-hydrogen) atoms. The van der Waals surface area contributed by atoms with E-state index in [1.54, 1.807) is 18.2 Å². The first-order chi connectivity index (χ1) is 6.69. The van der Waals surface area contributed by atoms with Crippen LogP contribution in [-0.4, -0.2) is 25.9 Å². The van der Waals surface area contributed by atoms with Gasteiger partial charge in [-0.1, -0.05) is 17.7 Å². The number of ether oxygens (including phenoxy) is 2. The van der Waals surface area contributed by atoms with Crippen LogP contribution in [0.5, 0.6) is 5.75 Å². The number of halogens is 1. The molecule has 4 heteroatoms. The third-order valence-electron chi connectivity index (χ3n) is 1.88. The predicted molar refractivity (Wildman–Crippen MR) is 54.8 cm³/mol. The second kappa shape index (κ2) is 5.20. The van der Waals surface area contributed by atoms with E-state index in [4.69, 9.17) is 21.1 Å². The summed E-state index contributed by atoms with van der Waals surface area (Å²) in [5.41, 5.74) is 0.679. The number of hydrogen-bond donors (Lipinski definition) is 1. The molecule has 0 amide bonds. The van der Waals surface area contributed by atoms with Crippen molar-refractivity contribution in [1.82, 2.24) is 0 Å². The van der Waals surface area contributed by atoms with E-state index < -0.39 is 6.10 Å². The van der Waals surface area contributed by atoms with Crippen LogP contribution in [0.1, 0.15) is 11.7 Å². The molecule has 0 aliphatic heterocycles. The van der Waals surface area contributed by atoms with Gasteiger partial charge in [0.05, 0.1) is 13.7 Å². The van der Waals surface area contributed by atoms with Crippen LogP contribution in [-0.2, 0) is 4.74 Å². The maximum Gasteiger partial charge on any atom is 0.126 e. The van der Waals surface area contributed by atoms with Crippen molar-refractivity contribution in [3.05, 3.63) is 28.8 Å². The Kier molecular flexibility index (Phi) is 4.20. The van der Waals surface area contributed by atoms with Gasteiger partial charge in [0.15, 0.2) is 0 Å². The van der Waals surface area contributed by atoms with E-state index in [2.05, 4.69) is 0 Å². The first-order valence-electron chi connectivity index (χ1n) is 4.19. The van der Waals surface area contributed by atoms with Crippen molar-refractivity contribution in [1.29, 1.82) is 0 Å². The molecule has 0 aromatic heterocycles. The normalized spacial score (nSPS) is 12.6. The van der Waals surface area contributed by atoms with Gasteiger partial charge in [0.2, 0.25) is 0 Å². The zero-order valence-corrected chi connectivity index (χ0v) is 8.91. The number of rotatable bonds is 4.